The van der Waals surface area contributed by atoms with Crippen LogP contribution in [0.15, 0.2) is 52.9 Å². The molecule has 0 aliphatic heterocycles. The van der Waals surface area contributed by atoms with Gasteiger partial charge in [-0.1, -0.05) is 24.3 Å². The molecule has 2 amide bonds. The van der Waals surface area contributed by atoms with Crippen LogP contribution in [0.4, 0.5) is 18.9 Å². The number of carbonyl (C=O) groups excluding carboxylic acids is 2. The molecule has 3 aromatic rings. The van der Waals surface area contributed by atoms with Gasteiger partial charge in [-0.15, -0.1) is 0 Å². The lowest BCUT2D eigenvalue weighted by molar-refractivity contribution is -0.185. The summed E-state index contributed by atoms with van der Waals surface area (Å²) in [6, 6.07) is 13.1. The summed E-state index contributed by atoms with van der Waals surface area (Å²) in [5.41, 5.74) is 1.24. The monoisotopic (exact) mass is 420 g/mol. The number of methoxy groups -OCH3 is 1. The number of furan rings is 1. The molecule has 3 rings (SSSR count). The minimum atomic E-state index is -4.94. The molecule has 30 heavy (non-hydrogen) atoms. The van der Waals surface area contributed by atoms with Crippen molar-refractivity contribution in [3.8, 4) is 5.75 Å². The largest absolute Gasteiger partial charge is 0.493 e. The fourth-order valence-corrected chi connectivity index (χ4v) is 2.98. The Hall–Kier alpha value is -3.49. The summed E-state index contributed by atoms with van der Waals surface area (Å²) < 4.78 is 48.9. The number of hydrogen-bond acceptors (Lipinski definition) is 4. The summed E-state index contributed by atoms with van der Waals surface area (Å²) in [4.78, 5) is 24.7. The molecule has 0 bridgehead atoms. The van der Waals surface area contributed by atoms with Crippen molar-refractivity contribution < 1.29 is 31.9 Å². The van der Waals surface area contributed by atoms with Gasteiger partial charge in [0.1, 0.15) is 0 Å². The van der Waals surface area contributed by atoms with Crippen molar-refractivity contribution in [3.63, 3.8) is 0 Å². The van der Waals surface area contributed by atoms with Gasteiger partial charge in [-0.25, -0.2) is 0 Å². The number of alkyl halides is 3. The quantitative estimate of drug-likeness (QED) is 0.633. The highest BCUT2D eigenvalue weighted by atomic mass is 19.4. The molecule has 6 nitrogen and oxygen atoms in total. The van der Waals surface area contributed by atoms with E-state index in [0.717, 1.165) is 0 Å². The number of fused-ring (bicyclic) bond motifs is 1. The third-order valence-electron chi connectivity index (χ3n) is 4.42. The molecule has 0 spiro atoms. The van der Waals surface area contributed by atoms with E-state index < -0.39 is 18.0 Å². The van der Waals surface area contributed by atoms with Crippen LogP contribution in [0, 0.1) is 0 Å². The topological polar surface area (TPSA) is 71.8 Å². The Morgan fingerprint density at radius 1 is 1.13 bits per heavy atom. The molecule has 0 fully saturated rings. The molecule has 0 aliphatic carbocycles. The predicted molar refractivity (Wildman–Crippen MR) is 104 cm³/mol. The summed E-state index contributed by atoms with van der Waals surface area (Å²) in [7, 11) is 1.49. The van der Waals surface area contributed by atoms with Crippen molar-refractivity contribution in [1.82, 2.24) is 4.90 Å². The number of rotatable bonds is 6. The van der Waals surface area contributed by atoms with Crippen LogP contribution in [0.2, 0.25) is 0 Å². The summed E-state index contributed by atoms with van der Waals surface area (Å²) in [5, 5.41) is 3.34. The Morgan fingerprint density at radius 2 is 1.87 bits per heavy atom. The van der Waals surface area contributed by atoms with Crippen molar-refractivity contribution in [2.75, 3.05) is 19.0 Å². The second-order valence-corrected chi connectivity index (χ2v) is 6.46. The SMILES string of the molecule is CCN(Cc1cccc(NC(=O)c2cc3cccc(OC)c3o2)c1)C(=O)C(F)(F)F. The number of para-hydroxylation sites is 1. The van der Waals surface area contributed by atoms with Gasteiger partial charge in [0.15, 0.2) is 17.1 Å². The zero-order chi connectivity index (χ0) is 21.9. The molecule has 1 heterocycles. The van der Waals surface area contributed by atoms with Crippen LogP contribution in [0.5, 0.6) is 5.75 Å². The highest BCUT2D eigenvalue weighted by Crippen LogP contribution is 2.29. The van der Waals surface area contributed by atoms with E-state index in [-0.39, 0.29) is 18.8 Å². The minimum Gasteiger partial charge on any atom is -0.493 e. The Labute approximate surface area is 170 Å². The molecule has 1 N–H and O–H groups in total. The summed E-state index contributed by atoms with van der Waals surface area (Å²) >= 11 is 0. The van der Waals surface area contributed by atoms with E-state index in [1.165, 1.54) is 20.1 Å². The summed E-state index contributed by atoms with van der Waals surface area (Å²) in [6.45, 7) is 1.13. The molecule has 158 valence electrons. The third-order valence-corrected chi connectivity index (χ3v) is 4.42. The number of nitrogens with one attached hydrogen (secondary N) is 1. The molecule has 0 radical (unpaired) electrons. The first-order valence-corrected chi connectivity index (χ1v) is 9.06. The van der Waals surface area contributed by atoms with E-state index in [1.807, 2.05) is 0 Å². The highest BCUT2D eigenvalue weighted by molar-refractivity contribution is 6.05. The second-order valence-electron chi connectivity index (χ2n) is 6.46. The van der Waals surface area contributed by atoms with Crippen LogP contribution in [-0.4, -0.2) is 36.5 Å². The maximum Gasteiger partial charge on any atom is 0.471 e. The van der Waals surface area contributed by atoms with Gasteiger partial charge in [0, 0.05) is 24.2 Å². The zero-order valence-corrected chi connectivity index (χ0v) is 16.2. The number of hydrogen-bond donors (Lipinski definition) is 1. The molecule has 0 saturated heterocycles. The lowest BCUT2D eigenvalue weighted by Crippen LogP contribution is -2.40. The average Bonchev–Trinajstić information content (AvgIpc) is 3.15. The van der Waals surface area contributed by atoms with Gasteiger partial charge in [0.25, 0.3) is 5.91 Å². The maximum atomic E-state index is 12.7. The number of amides is 2. The van der Waals surface area contributed by atoms with Crippen LogP contribution >= 0.6 is 0 Å². The molecule has 2 aromatic carbocycles. The molecule has 0 aliphatic rings. The van der Waals surface area contributed by atoms with Crippen molar-refractivity contribution in [2.24, 2.45) is 0 Å². The van der Waals surface area contributed by atoms with E-state index in [0.29, 0.717) is 32.9 Å². The Morgan fingerprint density at radius 3 is 2.53 bits per heavy atom. The van der Waals surface area contributed by atoms with Gasteiger partial charge in [-0.05, 0) is 36.8 Å². The Bertz CT molecular complexity index is 1080. The van der Waals surface area contributed by atoms with Crippen molar-refractivity contribution in [1.29, 1.82) is 0 Å². The lowest BCUT2D eigenvalue weighted by Gasteiger charge is -2.22. The van der Waals surface area contributed by atoms with E-state index in [9.17, 15) is 22.8 Å². The molecule has 1 aromatic heterocycles. The van der Waals surface area contributed by atoms with Gasteiger partial charge >= 0.3 is 12.1 Å². The fraction of sp³-hybridized carbons (Fsp3) is 0.238. The molecule has 9 heteroatoms. The molecule has 0 unspecified atom stereocenters. The Balaban J connectivity index is 1.76. The number of ether oxygens (including phenoxy) is 1. The standard InChI is InChI=1S/C21H19F3N2O4/c1-3-26(20(28)21(22,23)24)12-13-6-4-8-15(10-13)25-19(27)17-11-14-7-5-9-16(29-2)18(14)30-17/h4-11H,3,12H2,1-2H3,(H,25,27). The minimum absolute atomic E-state index is 0.0577. The van der Waals surface area contributed by atoms with E-state index in [2.05, 4.69) is 5.32 Å². The lowest BCUT2D eigenvalue weighted by atomic mass is 10.1. The molecule has 0 atom stereocenters. The third kappa shape index (κ3) is 4.56. The molecular weight excluding hydrogens is 401 g/mol. The first kappa shape index (κ1) is 21.2. The summed E-state index contributed by atoms with van der Waals surface area (Å²) in [5.74, 6) is -1.88. The van der Waals surface area contributed by atoms with Crippen molar-refractivity contribution >= 4 is 28.5 Å². The van der Waals surface area contributed by atoms with Crippen LogP contribution in [0.3, 0.4) is 0 Å². The van der Waals surface area contributed by atoms with E-state index in [4.69, 9.17) is 9.15 Å². The first-order valence-electron chi connectivity index (χ1n) is 9.06. The number of benzene rings is 2. The number of halogens is 3. The smallest absolute Gasteiger partial charge is 0.471 e. The average molecular weight is 420 g/mol. The Kier molecular flexibility index (Phi) is 6.00. The summed E-state index contributed by atoms with van der Waals surface area (Å²) in [6.07, 6.45) is -4.94. The number of carbonyl (C=O) groups is 2. The van der Waals surface area contributed by atoms with E-state index >= 15 is 0 Å². The normalized spacial score (nSPS) is 11.4. The number of nitrogens with zero attached hydrogens (tertiary/aromatic N) is 1. The maximum absolute atomic E-state index is 12.7. The van der Waals surface area contributed by atoms with Gasteiger partial charge in [-0.3, -0.25) is 9.59 Å². The van der Waals surface area contributed by atoms with Crippen LogP contribution in [0.1, 0.15) is 23.0 Å². The predicted octanol–water partition coefficient (Wildman–Crippen LogP) is 4.60. The van der Waals surface area contributed by atoms with Crippen LogP contribution < -0.4 is 10.1 Å². The fourth-order valence-electron chi connectivity index (χ4n) is 2.98. The van der Waals surface area contributed by atoms with Crippen molar-refractivity contribution in [2.45, 2.75) is 19.6 Å². The van der Waals surface area contributed by atoms with Crippen LogP contribution in [0.25, 0.3) is 11.0 Å². The highest BCUT2D eigenvalue weighted by Gasteiger charge is 2.41. The van der Waals surface area contributed by atoms with E-state index in [1.54, 1.807) is 42.5 Å². The number of anilines is 1. The van der Waals surface area contributed by atoms with Gasteiger partial charge in [0.05, 0.1) is 7.11 Å². The zero-order valence-electron chi connectivity index (χ0n) is 16.2. The second kappa shape index (κ2) is 8.48. The van der Waals surface area contributed by atoms with Gasteiger partial charge < -0.3 is 19.4 Å². The van der Waals surface area contributed by atoms with Crippen LogP contribution in [-0.2, 0) is 11.3 Å². The first-order chi connectivity index (χ1) is 14.2. The van der Waals surface area contributed by atoms with Gasteiger partial charge in [0.2, 0.25) is 0 Å². The van der Waals surface area contributed by atoms with Crippen molar-refractivity contribution in [3.05, 3.63) is 59.9 Å². The molecular formula is C21H19F3N2O4. The van der Waals surface area contributed by atoms with Gasteiger partial charge in [-0.2, -0.15) is 13.2 Å². The molecule has 0 saturated carbocycles.